The van der Waals surface area contributed by atoms with E-state index in [1.807, 2.05) is 0 Å². The quantitative estimate of drug-likeness (QED) is 0.403. The highest BCUT2D eigenvalue weighted by Crippen LogP contribution is 2.41. The summed E-state index contributed by atoms with van der Waals surface area (Å²) in [7, 11) is 2.16. The number of hydrogen-bond donors (Lipinski definition) is 1. The second-order valence-electron chi connectivity index (χ2n) is 7.86. The Morgan fingerprint density at radius 1 is 1.04 bits per heavy atom. The number of carbonyl (C=O) groups excluding carboxylic acids is 1. The molecule has 0 aliphatic heterocycles. The van der Waals surface area contributed by atoms with Gasteiger partial charge in [-0.25, -0.2) is 0 Å². The van der Waals surface area contributed by atoms with E-state index in [2.05, 4.69) is 20.9 Å². The van der Waals surface area contributed by atoms with Crippen LogP contribution in [0.4, 0.5) is 0 Å². The summed E-state index contributed by atoms with van der Waals surface area (Å²) in [5, 5.41) is 34.6. The van der Waals surface area contributed by atoms with Crippen LogP contribution in [0.3, 0.4) is 0 Å². The molecule has 27 heavy (non-hydrogen) atoms. The predicted molar refractivity (Wildman–Crippen MR) is 102 cm³/mol. The molecule has 0 saturated heterocycles. The third-order valence-corrected chi connectivity index (χ3v) is 6.25. The molecule has 0 spiro atoms. The van der Waals surface area contributed by atoms with Crippen LogP contribution in [0.15, 0.2) is 0 Å². The fourth-order valence-electron chi connectivity index (χ4n) is 4.18. The lowest BCUT2D eigenvalue weighted by Crippen LogP contribution is -2.45. The van der Waals surface area contributed by atoms with E-state index in [1.165, 1.54) is 25.7 Å². The van der Waals surface area contributed by atoms with Gasteiger partial charge >= 0.3 is 0 Å². The summed E-state index contributed by atoms with van der Waals surface area (Å²) in [6.07, 6.45) is 9.37. The van der Waals surface area contributed by atoms with E-state index in [0.29, 0.717) is 18.4 Å². The van der Waals surface area contributed by atoms with Gasteiger partial charge in [-0.1, -0.05) is 25.7 Å². The van der Waals surface area contributed by atoms with Gasteiger partial charge < -0.3 is 34.8 Å². The molecule has 8 heteroatoms. The molecule has 0 aromatic heterocycles. The number of hydrogen-bond acceptors (Lipinski definition) is 6. The van der Waals surface area contributed by atoms with Crippen molar-refractivity contribution in [2.24, 2.45) is 17.8 Å². The first-order chi connectivity index (χ1) is 12.7. The topological polar surface area (TPSA) is 127 Å². The summed E-state index contributed by atoms with van der Waals surface area (Å²) in [6, 6.07) is 0. The number of nitrogens with zero attached hydrogens (tertiary/aromatic N) is 2. The number of rotatable bonds is 7. The van der Waals surface area contributed by atoms with Crippen LogP contribution >= 0.6 is 0 Å². The van der Waals surface area contributed by atoms with Crippen LogP contribution < -0.4 is 5.11 Å². The van der Waals surface area contributed by atoms with Gasteiger partial charge in [-0.15, -0.1) is 0 Å². The lowest BCUT2D eigenvalue weighted by molar-refractivity contribution is -0.906. The first-order valence-electron chi connectivity index (χ1n) is 10.2. The normalized spacial score (nSPS) is 17.8. The van der Waals surface area contributed by atoms with Crippen LogP contribution in [0.1, 0.15) is 65.2 Å². The molecule has 2 rings (SSSR count). The van der Waals surface area contributed by atoms with Crippen molar-refractivity contribution in [1.82, 2.24) is 0 Å². The first-order valence-corrected chi connectivity index (χ1v) is 10.2. The molecular weight excluding hydrogens is 352 g/mol. The van der Waals surface area contributed by atoms with Gasteiger partial charge in [-0.05, 0) is 51.4 Å². The molecular formula is C19H37N2O6-. The average molecular weight is 390 g/mol. The highest BCUT2D eigenvalue weighted by atomic mass is 16.9. The van der Waals surface area contributed by atoms with Crippen molar-refractivity contribution in [3.8, 4) is 0 Å². The van der Waals surface area contributed by atoms with Crippen molar-refractivity contribution < 1.29 is 24.6 Å². The minimum atomic E-state index is -1.75. The van der Waals surface area contributed by atoms with Crippen LogP contribution in [-0.2, 0) is 4.79 Å². The summed E-state index contributed by atoms with van der Waals surface area (Å²) < 4.78 is 0.983. The Hall–Kier alpha value is -1.41. The number of aliphatic hydroxyl groups excluding tert-OH is 1. The Morgan fingerprint density at radius 3 is 1.56 bits per heavy atom. The third kappa shape index (κ3) is 10.5. The molecule has 2 saturated carbocycles. The van der Waals surface area contributed by atoms with Gasteiger partial charge in [-0.3, -0.25) is 0 Å². The number of aliphatic hydroxyl groups is 1. The lowest BCUT2D eigenvalue weighted by atomic mass is 9.79. The average Bonchev–Trinajstić information content (AvgIpc) is 3.29. The van der Waals surface area contributed by atoms with Gasteiger partial charge in [0.05, 0.1) is 31.8 Å². The summed E-state index contributed by atoms with van der Waals surface area (Å²) >= 11 is 0. The molecule has 8 nitrogen and oxygen atoms in total. The van der Waals surface area contributed by atoms with E-state index in [9.17, 15) is 9.90 Å². The summed E-state index contributed by atoms with van der Waals surface area (Å²) in [6.45, 7) is 7.71. The second kappa shape index (κ2) is 13.7. The summed E-state index contributed by atoms with van der Waals surface area (Å²) in [5.74, 6) is -0.0324. The Kier molecular flexibility index (Phi) is 13.0. The van der Waals surface area contributed by atoms with Gasteiger partial charge in [0.2, 0.25) is 0 Å². The minimum absolute atomic E-state index is 0.125. The molecule has 0 bridgehead atoms. The molecule has 2 fully saturated rings. The number of likely N-dealkylation sites (N-methyl/N-ethyl adjacent to an activating group) is 1. The van der Waals surface area contributed by atoms with Crippen LogP contribution in [0.25, 0.3) is 0 Å². The maximum Gasteiger partial charge on any atom is 0.102 e. The number of quaternary nitrogens is 1. The molecule has 0 amide bonds. The lowest BCUT2D eigenvalue weighted by Gasteiger charge is -2.31. The van der Waals surface area contributed by atoms with Crippen molar-refractivity contribution >= 4 is 5.97 Å². The van der Waals surface area contributed by atoms with E-state index in [4.69, 9.17) is 20.4 Å². The van der Waals surface area contributed by atoms with Gasteiger partial charge in [0, 0.05) is 11.9 Å². The molecule has 0 aromatic carbocycles. The van der Waals surface area contributed by atoms with Crippen LogP contribution in [-0.4, -0.2) is 53.9 Å². The minimum Gasteiger partial charge on any atom is -0.550 e. The number of carbonyl (C=O) groups is 1. The standard InChI is InChI=1S/C12H20O2.C7H18NO.NO3/c13-12(14)11(9-5-1-2-6-9)10-7-3-4-8-10;1-4-8(3,5-2)6-7-9;2-1(3)4/h9-11H,1-8H2,(H,13,14);9H,4-7H2,1-3H3;/q;+1;-1/p-1. The fraction of sp³-hybridized carbons (Fsp3) is 0.947. The van der Waals surface area contributed by atoms with Gasteiger partial charge in [-0.2, -0.15) is 0 Å². The third-order valence-electron chi connectivity index (χ3n) is 6.25. The summed E-state index contributed by atoms with van der Waals surface area (Å²) in [5.41, 5.74) is 0. The Bertz CT molecular complexity index is 396. The Balaban J connectivity index is 0.000000449. The molecule has 0 unspecified atom stereocenters. The fourth-order valence-corrected chi connectivity index (χ4v) is 4.18. The van der Waals surface area contributed by atoms with E-state index >= 15 is 0 Å². The van der Waals surface area contributed by atoms with Crippen LogP contribution in [0, 0.1) is 33.1 Å². The van der Waals surface area contributed by atoms with Crippen LogP contribution in [0.5, 0.6) is 0 Å². The highest BCUT2D eigenvalue weighted by Gasteiger charge is 2.33. The van der Waals surface area contributed by atoms with E-state index in [0.717, 1.165) is 49.8 Å². The second-order valence-corrected chi connectivity index (χ2v) is 7.86. The van der Waals surface area contributed by atoms with Crippen molar-refractivity contribution in [2.45, 2.75) is 65.2 Å². The van der Waals surface area contributed by atoms with Gasteiger partial charge in [0.1, 0.15) is 6.54 Å². The highest BCUT2D eigenvalue weighted by molar-refractivity contribution is 5.68. The Labute approximate surface area is 162 Å². The zero-order chi connectivity index (χ0) is 20.9. The maximum atomic E-state index is 11.2. The molecule has 1 N–H and O–H groups in total. The molecule has 0 radical (unpaired) electrons. The molecule has 0 atom stereocenters. The first kappa shape index (κ1) is 25.6. The smallest absolute Gasteiger partial charge is 0.102 e. The van der Waals surface area contributed by atoms with Crippen molar-refractivity contribution in [3.05, 3.63) is 15.3 Å². The Morgan fingerprint density at radius 2 is 1.37 bits per heavy atom. The number of carboxylic acids is 1. The van der Waals surface area contributed by atoms with Gasteiger partial charge in [0.25, 0.3) is 0 Å². The summed E-state index contributed by atoms with van der Waals surface area (Å²) in [4.78, 5) is 19.4. The predicted octanol–water partition coefficient (Wildman–Crippen LogP) is 1.96. The SMILES string of the molecule is CC[N+](C)(CC)CCO.O=C([O-])C(C1CCCC1)C1CCCC1.O=[N+]([O-])[O-]. The number of aliphatic carboxylic acids is 1. The maximum absolute atomic E-state index is 11.2. The molecule has 2 aliphatic rings. The van der Waals surface area contributed by atoms with Gasteiger partial charge in [0.15, 0.2) is 0 Å². The van der Waals surface area contributed by atoms with E-state index in [-0.39, 0.29) is 5.92 Å². The molecule has 2 aliphatic carbocycles. The van der Waals surface area contributed by atoms with Crippen molar-refractivity contribution in [3.63, 3.8) is 0 Å². The zero-order valence-electron chi connectivity index (χ0n) is 17.1. The zero-order valence-corrected chi connectivity index (χ0v) is 17.1. The molecule has 0 aromatic rings. The largest absolute Gasteiger partial charge is 0.550 e. The van der Waals surface area contributed by atoms with Crippen molar-refractivity contribution in [1.29, 1.82) is 0 Å². The van der Waals surface area contributed by atoms with E-state index in [1.54, 1.807) is 0 Å². The number of carboxylic acid groups (broad SMARTS) is 1. The molecule has 160 valence electrons. The monoisotopic (exact) mass is 389 g/mol. The molecule has 0 heterocycles. The van der Waals surface area contributed by atoms with E-state index < -0.39 is 11.1 Å². The van der Waals surface area contributed by atoms with Crippen molar-refractivity contribution in [2.75, 3.05) is 33.3 Å². The van der Waals surface area contributed by atoms with Crippen LogP contribution in [0.2, 0.25) is 0 Å².